The van der Waals surface area contributed by atoms with Crippen LogP contribution in [0, 0.1) is 0 Å². The summed E-state index contributed by atoms with van der Waals surface area (Å²) in [5, 5.41) is 6.10. The van der Waals surface area contributed by atoms with Crippen LogP contribution in [0.25, 0.3) is 0 Å². The average Bonchev–Trinajstić information content (AvgIpc) is 3.23. The van der Waals surface area contributed by atoms with Crippen LogP contribution in [0.3, 0.4) is 0 Å². The molecule has 2 aromatic rings. The minimum atomic E-state index is -0.651. The van der Waals surface area contributed by atoms with E-state index in [9.17, 15) is 14.4 Å². The smallest absolute Gasteiger partial charge is 0.252 e. The molecular weight excluding hydrogens is 394 g/mol. The van der Waals surface area contributed by atoms with Crippen LogP contribution in [0.15, 0.2) is 54.6 Å². The molecule has 7 heteroatoms. The highest BCUT2D eigenvalue weighted by atomic mass is 16.5. The van der Waals surface area contributed by atoms with Crippen molar-refractivity contribution in [3.05, 3.63) is 71.3 Å². The Morgan fingerprint density at radius 1 is 1.10 bits per heavy atom. The monoisotopic (exact) mass is 419 g/mol. The Hall–Kier alpha value is -3.19. The van der Waals surface area contributed by atoms with Crippen molar-refractivity contribution in [2.45, 2.75) is 30.3 Å². The van der Waals surface area contributed by atoms with Crippen molar-refractivity contribution in [3.63, 3.8) is 0 Å². The Bertz CT molecular complexity index is 1020. The molecule has 0 bridgehead atoms. The number of benzene rings is 2. The van der Waals surface area contributed by atoms with E-state index in [1.54, 1.807) is 11.0 Å². The molecular formula is C24H25N3O4. The number of ether oxygens (including phenoxy) is 1. The quantitative estimate of drug-likeness (QED) is 0.794. The number of hydrogen-bond donors (Lipinski definition) is 2. The van der Waals surface area contributed by atoms with Crippen LogP contribution in [-0.2, 0) is 14.3 Å². The number of fused-ring (bicyclic) bond motifs is 1. The molecule has 0 aromatic heterocycles. The highest BCUT2D eigenvalue weighted by Crippen LogP contribution is 2.38. The maximum atomic E-state index is 13.3. The van der Waals surface area contributed by atoms with Gasteiger partial charge in [-0.15, -0.1) is 0 Å². The summed E-state index contributed by atoms with van der Waals surface area (Å²) in [6.07, 6.45) is 0.511. The molecule has 2 N–H and O–H groups in total. The zero-order chi connectivity index (χ0) is 21.4. The molecule has 160 valence electrons. The number of carbonyl (C=O) groups excluding carboxylic acids is 3. The molecule has 3 amide bonds. The van der Waals surface area contributed by atoms with Crippen LogP contribution in [0.4, 0.5) is 0 Å². The van der Waals surface area contributed by atoms with E-state index in [0.717, 1.165) is 11.1 Å². The fourth-order valence-corrected chi connectivity index (χ4v) is 5.06. The van der Waals surface area contributed by atoms with E-state index in [-0.39, 0.29) is 36.1 Å². The van der Waals surface area contributed by atoms with E-state index in [0.29, 0.717) is 38.3 Å². The molecule has 1 unspecified atom stereocenters. The number of nitrogens with zero attached hydrogens (tertiary/aromatic N) is 1. The van der Waals surface area contributed by atoms with Crippen LogP contribution in [0.5, 0.6) is 0 Å². The zero-order valence-electron chi connectivity index (χ0n) is 17.2. The predicted octanol–water partition coefficient (Wildman–Crippen LogP) is 1.76. The lowest BCUT2D eigenvalue weighted by atomic mass is 9.82. The maximum absolute atomic E-state index is 13.3. The molecule has 0 radical (unpaired) electrons. The molecule has 1 spiro atoms. The highest BCUT2D eigenvalue weighted by Gasteiger charge is 2.51. The number of rotatable bonds is 3. The van der Waals surface area contributed by atoms with Gasteiger partial charge in [0.15, 0.2) is 0 Å². The van der Waals surface area contributed by atoms with Crippen LogP contribution in [-0.4, -0.2) is 54.5 Å². The molecule has 0 saturated carbocycles. The average molecular weight is 419 g/mol. The largest absolute Gasteiger partial charge is 0.378 e. The van der Waals surface area contributed by atoms with Crippen LogP contribution < -0.4 is 10.6 Å². The second-order valence-corrected chi connectivity index (χ2v) is 8.56. The fourth-order valence-electron chi connectivity index (χ4n) is 5.06. The van der Waals surface area contributed by atoms with Gasteiger partial charge in [-0.25, -0.2) is 0 Å². The summed E-state index contributed by atoms with van der Waals surface area (Å²) in [6.45, 7) is 1.63. The molecule has 2 aromatic carbocycles. The SMILES string of the molecule is O=C1CCOC[C@]2(CN(C(=O)CC3NC(=O)c4ccccc43)C[C@H]2c2ccccc2)N1. The molecule has 3 atom stereocenters. The molecule has 3 aliphatic rings. The minimum absolute atomic E-state index is 0.0432. The van der Waals surface area contributed by atoms with Crippen LogP contribution >= 0.6 is 0 Å². The minimum Gasteiger partial charge on any atom is -0.378 e. The summed E-state index contributed by atoms with van der Waals surface area (Å²) >= 11 is 0. The molecule has 3 heterocycles. The lowest BCUT2D eigenvalue weighted by molar-refractivity contribution is -0.131. The van der Waals surface area contributed by atoms with Crippen molar-refractivity contribution in [3.8, 4) is 0 Å². The predicted molar refractivity (Wildman–Crippen MR) is 113 cm³/mol. The Balaban J connectivity index is 1.40. The number of hydrogen-bond acceptors (Lipinski definition) is 4. The van der Waals surface area contributed by atoms with E-state index in [4.69, 9.17) is 4.74 Å². The molecule has 31 heavy (non-hydrogen) atoms. The van der Waals surface area contributed by atoms with Crippen molar-refractivity contribution < 1.29 is 19.1 Å². The van der Waals surface area contributed by atoms with Gasteiger partial charge in [0.25, 0.3) is 5.91 Å². The Labute approximate surface area is 180 Å². The number of amides is 3. The van der Waals surface area contributed by atoms with E-state index in [1.807, 2.05) is 48.5 Å². The summed E-state index contributed by atoms with van der Waals surface area (Å²) in [5.74, 6) is -0.300. The lowest BCUT2D eigenvalue weighted by Crippen LogP contribution is -2.55. The van der Waals surface area contributed by atoms with Crippen molar-refractivity contribution in [1.29, 1.82) is 0 Å². The Morgan fingerprint density at radius 3 is 2.71 bits per heavy atom. The second kappa shape index (κ2) is 7.81. The normalized spacial score (nSPS) is 27.5. The van der Waals surface area contributed by atoms with Gasteiger partial charge in [-0.1, -0.05) is 48.5 Å². The number of carbonyl (C=O) groups is 3. The van der Waals surface area contributed by atoms with Crippen molar-refractivity contribution in [2.75, 3.05) is 26.3 Å². The van der Waals surface area contributed by atoms with E-state index in [1.165, 1.54) is 0 Å². The van der Waals surface area contributed by atoms with E-state index >= 15 is 0 Å². The first-order chi connectivity index (χ1) is 15.1. The van der Waals surface area contributed by atoms with Crippen molar-refractivity contribution in [1.82, 2.24) is 15.5 Å². The van der Waals surface area contributed by atoms with Crippen molar-refractivity contribution >= 4 is 17.7 Å². The van der Waals surface area contributed by atoms with Gasteiger partial charge in [0.2, 0.25) is 11.8 Å². The third-order valence-electron chi connectivity index (χ3n) is 6.58. The third kappa shape index (κ3) is 3.59. The second-order valence-electron chi connectivity index (χ2n) is 8.56. The lowest BCUT2D eigenvalue weighted by Gasteiger charge is -2.33. The summed E-state index contributed by atoms with van der Waals surface area (Å²) in [4.78, 5) is 39.8. The molecule has 7 nitrogen and oxygen atoms in total. The van der Waals surface area contributed by atoms with E-state index in [2.05, 4.69) is 10.6 Å². The van der Waals surface area contributed by atoms with Crippen LogP contribution in [0.1, 0.15) is 46.3 Å². The van der Waals surface area contributed by atoms with Crippen LogP contribution in [0.2, 0.25) is 0 Å². The Morgan fingerprint density at radius 2 is 1.87 bits per heavy atom. The summed E-state index contributed by atoms with van der Waals surface area (Å²) in [7, 11) is 0. The first kappa shape index (κ1) is 19.8. The fraction of sp³-hybridized carbons (Fsp3) is 0.375. The first-order valence-corrected chi connectivity index (χ1v) is 10.7. The summed E-state index contributed by atoms with van der Waals surface area (Å²) in [5.41, 5.74) is 1.91. The molecule has 2 saturated heterocycles. The maximum Gasteiger partial charge on any atom is 0.252 e. The van der Waals surface area contributed by atoms with Gasteiger partial charge < -0.3 is 20.3 Å². The van der Waals surface area contributed by atoms with Crippen molar-refractivity contribution in [2.24, 2.45) is 0 Å². The molecule has 5 rings (SSSR count). The topological polar surface area (TPSA) is 87.7 Å². The zero-order valence-corrected chi connectivity index (χ0v) is 17.2. The van der Waals surface area contributed by atoms with Gasteiger partial charge in [-0.3, -0.25) is 14.4 Å². The number of nitrogens with one attached hydrogen (secondary N) is 2. The highest BCUT2D eigenvalue weighted by molar-refractivity contribution is 5.99. The molecule has 3 aliphatic heterocycles. The third-order valence-corrected chi connectivity index (χ3v) is 6.58. The van der Waals surface area contributed by atoms with Gasteiger partial charge in [-0.05, 0) is 17.2 Å². The van der Waals surface area contributed by atoms with Gasteiger partial charge >= 0.3 is 0 Å². The molecule has 0 aliphatic carbocycles. The van der Waals surface area contributed by atoms with Gasteiger partial charge in [0, 0.05) is 31.0 Å². The first-order valence-electron chi connectivity index (χ1n) is 10.7. The summed E-state index contributed by atoms with van der Waals surface area (Å²) in [6, 6.07) is 17.0. The van der Waals surface area contributed by atoms with Gasteiger partial charge in [0.1, 0.15) is 0 Å². The molecule has 2 fully saturated rings. The number of likely N-dealkylation sites (tertiary alicyclic amines) is 1. The summed E-state index contributed by atoms with van der Waals surface area (Å²) < 4.78 is 5.80. The van der Waals surface area contributed by atoms with Gasteiger partial charge in [0.05, 0.1) is 31.2 Å². The standard InChI is InChI=1S/C24H25N3O4/c28-21-10-11-31-15-24(26-21)14-27(13-19(24)16-6-2-1-3-7-16)22(29)12-20-17-8-4-5-9-18(17)23(30)25-20/h1-9,19-20H,10-15H2,(H,25,30)(H,26,28)/t19-,20?,24-/m0/s1. The Kier molecular flexibility index (Phi) is 4.98. The van der Waals surface area contributed by atoms with Gasteiger partial charge in [-0.2, -0.15) is 0 Å². The van der Waals surface area contributed by atoms with E-state index < -0.39 is 5.54 Å².